The van der Waals surface area contributed by atoms with Crippen LogP contribution in [0.1, 0.15) is 42.6 Å². The summed E-state index contributed by atoms with van der Waals surface area (Å²) in [7, 11) is 0. The molecule has 4 N–H and O–H groups in total. The van der Waals surface area contributed by atoms with Crippen LogP contribution in [0.5, 0.6) is 0 Å². The number of hydrogen-bond donors (Lipinski definition) is 3. The number of imidazole rings is 1. The number of aromatic amines is 1. The smallest absolute Gasteiger partial charge is 0.251 e. The van der Waals surface area contributed by atoms with Gasteiger partial charge in [0.05, 0.1) is 11.0 Å². The van der Waals surface area contributed by atoms with Crippen LogP contribution in [0.3, 0.4) is 0 Å². The second kappa shape index (κ2) is 8.59. The number of aromatic nitrogens is 2. The average Bonchev–Trinajstić information content (AvgIpc) is 3.13. The maximum absolute atomic E-state index is 12.7. The molecule has 3 aromatic rings. The number of fused-ring (bicyclic) bond motifs is 1. The molecule has 3 rings (SSSR count). The largest absolute Gasteiger partial charge is 0.350 e. The number of rotatable bonds is 8. The summed E-state index contributed by atoms with van der Waals surface area (Å²) < 4.78 is 0. The van der Waals surface area contributed by atoms with Gasteiger partial charge in [-0.1, -0.05) is 55.9 Å². The van der Waals surface area contributed by atoms with E-state index in [9.17, 15) is 4.79 Å². The Morgan fingerprint density at radius 2 is 1.85 bits per heavy atom. The summed E-state index contributed by atoms with van der Waals surface area (Å²) in [4.78, 5) is 20.6. The van der Waals surface area contributed by atoms with E-state index in [1.807, 2.05) is 62.4 Å². The number of hydrogen-bond acceptors (Lipinski definition) is 4. The van der Waals surface area contributed by atoms with Crippen LogP contribution in [0.25, 0.3) is 11.0 Å². The molecule has 0 aliphatic carbocycles. The zero-order chi connectivity index (χ0) is 19.3. The zero-order valence-corrected chi connectivity index (χ0v) is 16.6. The molecule has 0 unspecified atom stereocenters. The van der Waals surface area contributed by atoms with Gasteiger partial charge < -0.3 is 16.0 Å². The van der Waals surface area contributed by atoms with Crippen LogP contribution < -0.4 is 11.1 Å². The van der Waals surface area contributed by atoms with Crippen molar-refractivity contribution in [3.8, 4) is 0 Å². The topological polar surface area (TPSA) is 83.8 Å². The van der Waals surface area contributed by atoms with Crippen molar-refractivity contribution < 1.29 is 4.79 Å². The van der Waals surface area contributed by atoms with Crippen molar-refractivity contribution in [2.45, 2.75) is 43.1 Å². The molecule has 0 spiro atoms. The Labute approximate surface area is 164 Å². The fourth-order valence-electron chi connectivity index (χ4n) is 2.86. The Morgan fingerprint density at radius 1 is 1.15 bits per heavy atom. The molecule has 27 heavy (non-hydrogen) atoms. The van der Waals surface area contributed by atoms with E-state index in [0.29, 0.717) is 17.9 Å². The minimum atomic E-state index is -0.354. The fraction of sp³-hybridized carbons (Fsp3) is 0.333. The molecule has 2 aromatic carbocycles. The number of nitrogens with zero attached hydrogens (tertiary/aromatic N) is 1. The SMILES string of the molecule is CCC(N)(CC)CNC(=O)c1ccccc1CSc1nc2ccccc2[nH]1. The van der Waals surface area contributed by atoms with Crippen LogP contribution >= 0.6 is 11.8 Å². The molecule has 1 aromatic heterocycles. The maximum atomic E-state index is 12.7. The van der Waals surface area contributed by atoms with E-state index in [1.165, 1.54) is 0 Å². The quantitative estimate of drug-likeness (QED) is 0.512. The number of amides is 1. The highest BCUT2D eigenvalue weighted by molar-refractivity contribution is 7.98. The number of H-pyrrole nitrogens is 1. The number of nitrogens with one attached hydrogen (secondary N) is 2. The number of carbonyl (C=O) groups excluding carboxylic acids is 1. The minimum absolute atomic E-state index is 0.0764. The number of carbonyl (C=O) groups is 1. The number of thioether (sulfide) groups is 1. The molecule has 0 bridgehead atoms. The lowest BCUT2D eigenvalue weighted by Crippen LogP contribution is -2.49. The van der Waals surface area contributed by atoms with E-state index in [0.717, 1.165) is 34.6 Å². The Hall–Kier alpha value is -2.31. The van der Waals surface area contributed by atoms with Crippen LogP contribution in [0.2, 0.25) is 0 Å². The molecular formula is C21H26N4OS. The fourth-order valence-corrected chi connectivity index (χ4v) is 3.75. The zero-order valence-electron chi connectivity index (χ0n) is 15.8. The van der Waals surface area contributed by atoms with Crippen LogP contribution in [-0.4, -0.2) is 28.0 Å². The summed E-state index contributed by atoms with van der Waals surface area (Å²) in [5, 5.41) is 3.86. The molecule has 0 fully saturated rings. The molecule has 1 amide bonds. The van der Waals surface area contributed by atoms with Gasteiger partial charge in [0.2, 0.25) is 0 Å². The van der Waals surface area contributed by atoms with Crippen molar-refractivity contribution in [3.05, 3.63) is 59.7 Å². The molecule has 1 heterocycles. The molecular weight excluding hydrogens is 356 g/mol. The van der Waals surface area contributed by atoms with Crippen molar-refractivity contribution in [1.82, 2.24) is 15.3 Å². The summed E-state index contributed by atoms with van der Waals surface area (Å²) in [5.41, 5.74) is 9.59. The first-order valence-corrected chi connectivity index (χ1v) is 10.3. The summed E-state index contributed by atoms with van der Waals surface area (Å²) in [6.45, 7) is 4.57. The van der Waals surface area contributed by atoms with Gasteiger partial charge >= 0.3 is 0 Å². The van der Waals surface area contributed by atoms with E-state index in [4.69, 9.17) is 5.73 Å². The number of para-hydroxylation sites is 2. The van der Waals surface area contributed by atoms with Crippen molar-refractivity contribution in [3.63, 3.8) is 0 Å². The van der Waals surface area contributed by atoms with Gasteiger partial charge in [0.1, 0.15) is 0 Å². The molecule has 0 aliphatic rings. The molecule has 0 saturated carbocycles. The standard InChI is InChI=1S/C21H26N4OS/c1-3-21(22,4-2)14-23-19(26)16-10-6-5-9-15(16)13-27-20-24-17-11-7-8-12-18(17)25-20/h5-12H,3-4,13-14,22H2,1-2H3,(H,23,26)(H,24,25). The second-order valence-electron chi connectivity index (χ2n) is 6.76. The highest BCUT2D eigenvalue weighted by atomic mass is 32.2. The van der Waals surface area contributed by atoms with Crippen LogP contribution in [0.4, 0.5) is 0 Å². The lowest BCUT2D eigenvalue weighted by atomic mass is 9.94. The van der Waals surface area contributed by atoms with Crippen molar-refractivity contribution in [2.24, 2.45) is 5.73 Å². The van der Waals surface area contributed by atoms with Gasteiger partial charge in [-0.15, -0.1) is 0 Å². The van der Waals surface area contributed by atoms with E-state index < -0.39 is 0 Å². The molecule has 0 saturated heterocycles. The number of benzene rings is 2. The van der Waals surface area contributed by atoms with Gasteiger partial charge in [-0.2, -0.15) is 0 Å². The van der Waals surface area contributed by atoms with Crippen LogP contribution in [0.15, 0.2) is 53.7 Å². The third-order valence-corrected chi connectivity index (χ3v) is 5.93. The molecule has 0 aliphatic heterocycles. The van der Waals surface area contributed by atoms with Crippen molar-refractivity contribution in [2.75, 3.05) is 6.54 Å². The van der Waals surface area contributed by atoms with E-state index in [-0.39, 0.29) is 11.4 Å². The average molecular weight is 383 g/mol. The van der Waals surface area contributed by atoms with E-state index >= 15 is 0 Å². The predicted molar refractivity (Wildman–Crippen MR) is 112 cm³/mol. The predicted octanol–water partition coefficient (Wildman–Crippen LogP) is 4.10. The first-order valence-electron chi connectivity index (χ1n) is 9.27. The lowest BCUT2D eigenvalue weighted by molar-refractivity contribution is 0.0941. The van der Waals surface area contributed by atoms with Crippen LogP contribution in [0, 0.1) is 0 Å². The molecule has 0 radical (unpaired) electrons. The second-order valence-corrected chi connectivity index (χ2v) is 7.72. The van der Waals surface area contributed by atoms with Crippen molar-refractivity contribution >= 4 is 28.7 Å². The summed E-state index contributed by atoms with van der Waals surface area (Å²) >= 11 is 1.59. The third kappa shape index (κ3) is 4.70. The van der Waals surface area contributed by atoms with Gasteiger partial charge in [-0.05, 0) is 36.6 Å². The lowest BCUT2D eigenvalue weighted by Gasteiger charge is -2.27. The molecule has 142 valence electrons. The first kappa shape index (κ1) is 19.5. The Balaban J connectivity index is 1.69. The Kier molecular flexibility index (Phi) is 6.19. The molecule has 5 nitrogen and oxygen atoms in total. The highest BCUT2D eigenvalue weighted by Gasteiger charge is 2.22. The Bertz CT molecular complexity index is 884. The monoisotopic (exact) mass is 382 g/mol. The van der Waals surface area contributed by atoms with Gasteiger partial charge in [-0.25, -0.2) is 4.98 Å². The van der Waals surface area contributed by atoms with Gasteiger partial charge in [0.15, 0.2) is 5.16 Å². The summed E-state index contributed by atoms with van der Waals surface area (Å²) in [6, 6.07) is 15.6. The van der Waals surface area contributed by atoms with E-state index in [1.54, 1.807) is 11.8 Å². The first-order chi connectivity index (χ1) is 13.0. The summed E-state index contributed by atoms with van der Waals surface area (Å²) in [6.07, 6.45) is 1.65. The Morgan fingerprint density at radius 3 is 2.59 bits per heavy atom. The van der Waals surface area contributed by atoms with Crippen molar-refractivity contribution in [1.29, 1.82) is 0 Å². The maximum Gasteiger partial charge on any atom is 0.251 e. The van der Waals surface area contributed by atoms with Gasteiger partial charge in [-0.3, -0.25) is 4.79 Å². The normalized spacial score (nSPS) is 11.7. The highest BCUT2D eigenvalue weighted by Crippen LogP contribution is 2.24. The molecule has 0 atom stereocenters. The third-order valence-electron chi connectivity index (χ3n) is 5.00. The van der Waals surface area contributed by atoms with Gasteiger partial charge in [0, 0.05) is 23.4 Å². The van der Waals surface area contributed by atoms with Crippen LogP contribution in [-0.2, 0) is 5.75 Å². The van der Waals surface area contributed by atoms with E-state index in [2.05, 4.69) is 15.3 Å². The summed E-state index contributed by atoms with van der Waals surface area (Å²) in [5.74, 6) is 0.589. The number of nitrogens with two attached hydrogens (primary N) is 1. The van der Waals surface area contributed by atoms with Gasteiger partial charge in [0.25, 0.3) is 5.91 Å². The molecule has 6 heteroatoms. The minimum Gasteiger partial charge on any atom is -0.350 e.